The summed E-state index contributed by atoms with van der Waals surface area (Å²) in [5.74, 6) is -1.08. The van der Waals surface area contributed by atoms with Crippen LogP contribution in [0.1, 0.15) is 45.8 Å². The maximum Gasteiger partial charge on any atom is 0.573 e. The highest BCUT2D eigenvalue weighted by molar-refractivity contribution is 6.09. The van der Waals surface area contributed by atoms with Crippen LogP contribution in [0.2, 0.25) is 0 Å². The number of methoxy groups -OCH3 is 1. The number of para-hydroxylation sites is 1. The van der Waals surface area contributed by atoms with Gasteiger partial charge in [-0.05, 0) is 49.4 Å². The average Bonchev–Trinajstić information content (AvgIpc) is 3.83. The Hall–Kier alpha value is -7.88. The zero-order valence-corrected chi connectivity index (χ0v) is 33.4. The van der Waals surface area contributed by atoms with Crippen LogP contribution in [-0.2, 0) is 6.18 Å². The van der Waals surface area contributed by atoms with Gasteiger partial charge in [0, 0.05) is 41.5 Å². The van der Waals surface area contributed by atoms with Crippen LogP contribution in [0.25, 0.3) is 33.8 Å². The molecule has 0 aliphatic carbocycles. The van der Waals surface area contributed by atoms with E-state index < -0.39 is 41.9 Å². The van der Waals surface area contributed by atoms with Gasteiger partial charge >= 0.3 is 12.5 Å². The average molecular weight is 876 g/mol. The fourth-order valence-electron chi connectivity index (χ4n) is 5.97. The second-order valence-electron chi connectivity index (χ2n) is 12.7. The van der Waals surface area contributed by atoms with Crippen LogP contribution in [-0.4, -0.2) is 75.8 Å². The van der Waals surface area contributed by atoms with Crippen molar-refractivity contribution < 1.29 is 50.5 Å². The zero-order valence-electron chi connectivity index (χ0n) is 33.4. The van der Waals surface area contributed by atoms with Gasteiger partial charge in [0.05, 0.1) is 36.0 Å². The van der Waals surface area contributed by atoms with E-state index in [0.717, 1.165) is 6.07 Å². The molecule has 0 bridgehead atoms. The molecule has 0 saturated carbocycles. The van der Waals surface area contributed by atoms with Gasteiger partial charge in [-0.1, -0.05) is 44.2 Å². The quantitative estimate of drug-likeness (QED) is 0.113. The Morgan fingerprint density at radius 1 is 0.841 bits per heavy atom. The largest absolute Gasteiger partial charge is 0.573 e. The fourth-order valence-corrected chi connectivity index (χ4v) is 5.97. The molecule has 8 rings (SSSR count). The van der Waals surface area contributed by atoms with Crippen molar-refractivity contribution in [2.75, 3.05) is 12.4 Å². The molecule has 0 radical (unpaired) electrons. The highest BCUT2D eigenvalue weighted by Gasteiger charge is 2.34. The number of aliphatic hydroxyl groups excluding tert-OH is 1. The maximum absolute atomic E-state index is 13.4. The smallest absolute Gasteiger partial charge is 0.481 e. The first-order chi connectivity index (χ1) is 30.1. The Morgan fingerprint density at radius 2 is 1.51 bits per heavy atom. The number of anilines is 1. The maximum atomic E-state index is 13.4. The summed E-state index contributed by atoms with van der Waals surface area (Å²) >= 11 is 0. The van der Waals surface area contributed by atoms with E-state index in [-0.39, 0.29) is 56.6 Å². The monoisotopic (exact) mass is 875 g/mol. The molecule has 326 valence electrons. The van der Waals surface area contributed by atoms with E-state index in [0.29, 0.717) is 11.4 Å². The number of aliphatic hydroxyl groups is 1. The van der Waals surface area contributed by atoms with Crippen molar-refractivity contribution in [1.82, 2.24) is 49.8 Å². The molecule has 7 aromatic rings. The molecule has 5 aromatic heterocycles. The number of rotatable bonds is 8. The molecule has 0 saturated heterocycles. The van der Waals surface area contributed by atoms with Gasteiger partial charge in [0.2, 0.25) is 5.88 Å². The Labute approximate surface area is 353 Å². The topological polar surface area (TPSA) is 195 Å². The molecule has 63 heavy (non-hydrogen) atoms. The predicted octanol–water partition coefficient (Wildman–Crippen LogP) is 7.14. The molecule has 1 atom stereocenters. The van der Waals surface area contributed by atoms with Crippen molar-refractivity contribution in [1.29, 1.82) is 0 Å². The number of dihydropyridines is 1. The van der Waals surface area contributed by atoms with Gasteiger partial charge < -0.3 is 30.5 Å². The van der Waals surface area contributed by atoms with Crippen molar-refractivity contribution in [3.8, 4) is 34.1 Å². The number of amides is 2. The zero-order chi connectivity index (χ0) is 45.5. The van der Waals surface area contributed by atoms with Crippen LogP contribution in [0, 0.1) is 6.92 Å². The number of allylic oxidation sites excluding steroid dienone is 1. The number of hydrogen-bond acceptors (Lipinski definition) is 12. The predicted molar refractivity (Wildman–Crippen MR) is 215 cm³/mol. The van der Waals surface area contributed by atoms with Crippen molar-refractivity contribution in [3.05, 3.63) is 138 Å². The third-order valence-electron chi connectivity index (χ3n) is 8.62. The summed E-state index contributed by atoms with van der Waals surface area (Å²) in [7, 11) is 1.42. The molecular weight excluding hydrogens is 841 g/mol. The van der Waals surface area contributed by atoms with E-state index in [9.17, 15) is 41.0 Å². The third kappa shape index (κ3) is 10.5. The Balaban J connectivity index is 0.000000202. The van der Waals surface area contributed by atoms with Crippen molar-refractivity contribution in [2.24, 2.45) is 0 Å². The van der Waals surface area contributed by atoms with Crippen LogP contribution in [0.3, 0.4) is 0 Å². The minimum absolute atomic E-state index is 0.0677. The van der Waals surface area contributed by atoms with Gasteiger partial charge in [0.15, 0.2) is 11.3 Å². The summed E-state index contributed by atoms with van der Waals surface area (Å²) < 4.78 is 90.2. The molecule has 22 heteroatoms. The molecule has 4 N–H and O–H groups in total. The number of carbonyl (C=O) groups is 2. The van der Waals surface area contributed by atoms with Crippen LogP contribution in [0.4, 0.5) is 32.2 Å². The number of halogens is 6. The van der Waals surface area contributed by atoms with Gasteiger partial charge in [0.1, 0.15) is 35.2 Å². The molecule has 0 spiro atoms. The van der Waals surface area contributed by atoms with E-state index >= 15 is 0 Å². The first kappa shape index (κ1) is 44.7. The fraction of sp³-hybridized carbons (Fsp3) is 0.171. The normalized spacial score (nSPS) is 13.4. The number of benzene rings is 2. The van der Waals surface area contributed by atoms with E-state index in [4.69, 9.17) is 4.74 Å². The van der Waals surface area contributed by atoms with E-state index in [1.165, 1.54) is 108 Å². The number of aryl methyl sites for hydroxylation is 1. The van der Waals surface area contributed by atoms with Crippen LogP contribution in [0.15, 0.2) is 116 Å². The van der Waals surface area contributed by atoms with Crippen molar-refractivity contribution in [3.63, 3.8) is 0 Å². The van der Waals surface area contributed by atoms with Gasteiger partial charge in [-0.25, -0.2) is 29.0 Å². The third-order valence-corrected chi connectivity index (χ3v) is 8.62. The number of nitrogens with one attached hydrogen (secondary N) is 3. The molecular formula is C41H35F6N11O5. The lowest BCUT2D eigenvalue weighted by Gasteiger charge is -2.14. The highest BCUT2D eigenvalue weighted by atomic mass is 19.4. The number of ether oxygens (including phenoxy) is 2. The molecule has 2 aromatic carbocycles. The second kappa shape index (κ2) is 18.8. The SMILES string of the molecule is CC.COc1cc(NC(=O)c2c(C)nn3ccc(-c4ccccc4C(F)(F)F)nc23)ncn1.O=C(NC1=CC(O)NC=C1)c1cnn2ccc(-c3ccccc3OC(F)(F)F)nc12. The minimum Gasteiger partial charge on any atom is -0.481 e. The molecule has 6 heterocycles. The van der Waals surface area contributed by atoms with Gasteiger partial charge in [-0.2, -0.15) is 23.4 Å². The number of aromatic nitrogens is 8. The second-order valence-corrected chi connectivity index (χ2v) is 12.7. The van der Waals surface area contributed by atoms with E-state index in [1.54, 1.807) is 19.1 Å². The van der Waals surface area contributed by atoms with Gasteiger partial charge in [-0.15, -0.1) is 13.2 Å². The Bertz CT molecular complexity index is 2840. The molecule has 16 nitrogen and oxygen atoms in total. The Morgan fingerprint density at radius 3 is 2.21 bits per heavy atom. The molecule has 2 amide bonds. The first-order valence-electron chi connectivity index (χ1n) is 18.6. The molecule has 1 aliphatic rings. The summed E-state index contributed by atoms with van der Waals surface area (Å²) in [6.45, 7) is 5.60. The Kier molecular flexibility index (Phi) is 13.3. The van der Waals surface area contributed by atoms with Crippen LogP contribution < -0.4 is 25.4 Å². The number of carbonyl (C=O) groups excluding carboxylic acids is 2. The van der Waals surface area contributed by atoms with Crippen LogP contribution >= 0.6 is 0 Å². The number of alkyl halides is 6. The number of fused-ring (bicyclic) bond motifs is 2. The number of hydrogen-bond donors (Lipinski definition) is 4. The lowest BCUT2D eigenvalue weighted by molar-refractivity contribution is -0.274. The van der Waals surface area contributed by atoms with Crippen LogP contribution in [0.5, 0.6) is 11.6 Å². The molecule has 1 aliphatic heterocycles. The summed E-state index contributed by atoms with van der Waals surface area (Å²) in [6.07, 6.45) is -0.464. The van der Waals surface area contributed by atoms with Crippen molar-refractivity contribution in [2.45, 2.75) is 39.5 Å². The van der Waals surface area contributed by atoms with Gasteiger partial charge in [-0.3, -0.25) is 9.59 Å². The van der Waals surface area contributed by atoms with Gasteiger partial charge in [0.25, 0.3) is 11.8 Å². The lowest BCUT2D eigenvalue weighted by Crippen LogP contribution is -2.30. The minimum atomic E-state index is -4.86. The summed E-state index contributed by atoms with van der Waals surface area (Å²) in [5, 5.41) is 25.7. The van der Waals surface area contributed by atoms with Crippen molar-refractivity contribution >= 4 is 28.9 Å². The van der Waals surface area contributed by atoms with E-state index in [2.05, 4.69) is 50.8 Å². The molecule has 1 unspecified atom stereocenters. The lowest BCUT2D eigenvalue weighted by atomic mass is 10.0. The summed E-state index contributed by atoms with van der Waals surface area (Å²) in [4.78, 5) is 42.0. The first-order valence-corrected chi connectivity index (χ1v) is 18.6. The summed E-state index contributed by atoms with van der Waals surface area (Å²) in [5.41, 5.74) is 0.639. The standard InChI is InChI=1S/C20H15F3N6O2.C19H14F3N5O3.C2H6/c1-11-17(19(30)27-15-9-16(31-2)25-10-24-15)18-26-14(7-8-29(18)28-11)12-5-3-4-6-13(12)20(21,22)23;20-19(21,22)30-15-4-2-1-3-12(15)14-6-8-27-17(26-14)13(10-24-27)18(29)25-11-5-7-23-16(28)9-11;1-2/h3-10H,1-2H3,(H,24,25,27,30);1-10,16,23,28H,(H,25,29);1-2H3. The highest BCUT2D eigenvalue weighted by Crippen LogP contribution is 2.37. The number of nitrogens with zero attached hydrogens (tertiary/aromatic N) is 8. The molecule has 0 fully saturated rings. The summed E-state index contributed by atoms with van der Waals surface area (Å²) in [6, 6.07) is 15.0. The van der Waals surface area contributed by atoms with E-state index in [1.807, 2.05) is 13.8 Å².